The molecule has 0 saturated carbocycles. The zero-order valence-corrected chi connectivity index (χ0v) is 12.5. The Kier molecular flexibility index (Phi) is 5.08. The second kappa shape index (κ2) is 6.16. The van der Waals surface area contributed by atoms with Crippen LogP contribution in [-0.2, 0) is 9.53 Å². The number of methoxy groups -OCH3 is 1. The molecular weight excluding hydrogens is 264 g/mol. The largest absolute Gasteiger partial charge is 0.465 e. The quantitative estimate of drug-likeness (QED) is 0.831. The van der Waals surface area contributed by atoms with E-state index in [-0.39, 0.29) is 23.8 Å². The molecule has 1 unspecified atom stereocenters. The number of nitrogens with two attached hydrogens (primary N) is 1. The van der Waals surface area contributed by atoms with Crippen LogP contribution in [0.2, 0.25) is 0 Å². The van der Waals surface area contributed by atoms with Gasteiger partial charge in [0.1, 0.15) is 4.88 Å². The van der Waals surface area contributed by atoms with Crippen molar-refractivity contribution in [1.82, 2.24) is 0 Å². The molecule has 3 N–H and O–H groups in total. The van der Waals surface area contributed by atoms with Crippen molar-refractivity contribution in [2.24, 2.45) is 11.1 Å². The van der Waals surface area contributed by atoms with Gasteiger partial charge in [0.2, 0.25) is 5.91 Å². The highest BCUT2D eigenvalue weighted by atomic mass is 32.1. The second-order valence-corrected chi connectivity index (χ2v) is 6.30. The summed E-state index contributed by atoms with van der Waals surface area (Å²) in [5.74, 6) is -0.656. The van der Waals surface area contributed by atoms with E-state index in [1.165, 1.54) is 18.4 Å². The van der Waals surface area contributed by atoms with Gasteiger partial charge in [-0.2, -0.15) is 0 Å². The van der Waals surface area contributed by atoms with Crippen molar-refractivity contribution in [1.29, 1.82) is 0 Å². The second-order valence-electron chi connectivity index (χ2n) is 5.38. The third-order valence-electron chi connectivity index (χ3n) is 2.83. The molecule has 0 aliphatic carbocycles. The summed E-state index contributed by atoms with van der Waals surface area (Å²) in [5.41, 5.74) is 6.29. The third kappa shape index (κ3) is 4.33. The normalized spacial score (nSPS) is 12.9. The molecule has 1 aromatic heterocycles. The smallest absolute Gasteiger partial charge is 0.350 e. The Bertz CT molecular complexity index is 463. The summed E-state index contributed by atoms with van der Waals surface area (Å²) >= 11 is 1.23. The highest BCUT2D eigenvalue weighted by molar-refractivity contribution is 7.12. The van der Waals surface area contributed by atoms with Crippen LogP contribution in [0.5, 0.6) is 0 Å². The topological polar surface area (TPSA) is 81.4 Å². The minimum atomic E-state index is -0.453. The predicted octanol–water partition coefficient (Wildman–Crippen LogP) is 2.24. The number of rotatable bonds is 4. The molecule has 19 heavy (non-hydrogen) atoms. The summed E-state index contributed by atoms with van der Waals surface area (Å²) in [4.78, 5) is 23.8. The van der Waals surface area contributed by atoms with Gasteiger partial charge in [-0.25, -0.2) is 4.79 Å². The van der Waals surface area contributed by atoms with Gasteiger partial charge in [-0.3, -0.25) is 4.79 Å². The van der Waals surface area contributed by atoms with Gasteiger partial charge in [-0.15, -0.1) is 11.3 Å². The first-order valence-corrected chi connectivity index (χ1v) is 6.85. The zero-order chi connectivity index (χ0) is 14.6. The lowest BCUT2D eigenvalue weighted by Gasteiger charge is -2.26. The molecule has 1 amide bonds. The molecule has 1 heterocycles. The van der Waals surface area contributed by atoms with Gasteiger partial charge in [0.15, 0.2) is 0 Å². The summed E-state index contributed by atoms with van der Waals surface area (Å²) < 4.78 is 4.65. The third-order valence-corrected chi connectivity index (χ3v) is 3.72. The highest BCUT2D eigenvalue weighted by Crippen LogP contribution is 2.24. The first-order chi connectivity index (χ1) is 8.75. The Morgan fingerprint density at radius 2 is 2.11 bits per heavy atom. The standard InChI is InChI=1S/C13H20N2O3S/c1-13(2,3)9(14)7-10(16)15-8-5-6-19-11(8)12(17)18-4/h5-6,9H,7,14H2,1-4H3,(H,15,16). The van der Waals surface area contributed by atoms with E-state index in [1.54, 1.807) is 11.4 Å². The fraction of sp³-hybridized carbons (Fsp3) is 0.538. The summed E-state index contributed by atoms with van der Waals surface area (Å²) in [6.45, 7) is 5.94. The molecule has 1 rings (SSSR count). The average Bonchev–Trinajstić information content (AvgIpc) is 2.74. The van der Waals surface area contributed by atoms with Crippen molar-refractivity contribution < 1.29 is 14.3 Å². The van der Waals surface area contributed by atoms with Gasteiger partial charge in [0, 0.05) is 12.5 Å². The lowest BCUT2D eigenvalue weighted by molar-refractivity contribution is -0.117. The maximum atomic E-state index is 11.9. The number of anilines is 1. The number of carbonyl (C=O) groups is 2. The number of hydrogen-bond acceptors (Lipinski definition) is 5. The van der Waals surface area contributed by atoms with E-state index >= 15 is 0 Å². The zero-order valence-electron chi connectivity index (χ0n) is 11.6. The van der Waals surface area contributed by atoms with Crippen molar-refractivity contribution >= 4 is 28.9 Å². The minimum absolute atomic E-state index is 0.142. The van der Waals surface area contributed by atoms with Gasteiger partial charge in [0.05, 0.1) is 12.8 Å². The molecular formula is C13H20N2O3S. The van der Waals surface area contributed by atoms with Crippen LogP contribution in [0, 0.1) is 5.41 Å². The molecule has 0 saturated heterocycles. The molecule has 0 aliphatic heterocycles. The molecule has 0 bridgehead atoms. The van der Waals surface area contributed by atoms with Crippen molar-refractivity contribution in [3.63, 3.8) is 0 Å². The van der Waals surface area contributed by atoms with Crippen molar-refractivity contribution in [2.45, 2.75) is 33.2 Å². The van der Waals surface area contributed by atoms with E-state index in [2.05, 4.69) is 10.1 Å². The fourth-order valence-corrected chi connectivity index (χ4v) is 2.13. The Balaban J connectivity index is 2.68. The van der Waals surface area contributed by atoms with Gasteiger partial charge < -0.3 is 15.8 Å². The van der Waals surface area contributed by atoms with Crippen molar-refractivity contribution in [3.8, 4) is 0 Å². The molecule has 0 aromatic carbocycles. The average molecular weight is 284 g/mol. The molecule has 0 fully saturated rings. The van der Waals surface area contributed by atoms with Crippen LogP contribution in [-0.4, -0.2) is 25.0 Å². The number of ether oxygens (including phenoxy) is 1. The lowest BCUT2D eigenvalue weighted by Crippen LogP contribution is -2.38. The highest BCUT2D eigenvalue weighted by Gasteiger charge is 2.24. The molecule has 5 nitrogen and oxygen atoms in total. The van der Waals surface area contributed by atoms with Crippen molar-refractivity contribution in [3.05, 3.63) is 16.3 Å². The monoisotopic (exact) mass is 284 g/mol. The first kappa shape index (κ1) is 15.7. The van der Waals surface area contributed by atoms with Gasteiger partial charge in [-0.1, -0.05) is 20.8 Å². The number of esters is 1. The van der Waals surface area contributed by atoms with Gasteiger partial charge in [0.25, 0.3) is 0 Å². The molecule has 6 heteroatoms. The van der Waals surface area contributed by atoms with Crippen LogP contribution in [0.1, 0.15) is 36.9 Å². The first-order valence-electron chi connectivity index (χ1n) is 5.97. The van der Waals surface area contributed by atoms with Crippen LogP contribution in [0.4, 0.5) is 5.69 Å². The molecule has 0 aliphatic rings. The molecule has 0 spiro atoms. The molecule has 0 radical (unpaired) electrons. The van der Waals surface area contributed by atoms with Crippen LogP contribution < -0.4 is 11.1 Å². The van der Waals surface area contributed by atoms with Crippen LogP contribution in [0.3, 0.4) is 0 Å². The Morgan fingerprint density at radius 3 is 2.63 bits per heavy atom. The van der Waals surface area contributed by atoms with E-state index in [4.69, 9.17) is 5.73 Å². The van der Waals surface area contributed by atoms with E-state index in [0.717, 1.165) is 0 Å². The minimum Gasteiger partial charge on any atom is -0.465 e. The predicted molar refractivity (Wildman–Crippen MR) is 76.3 cm³/mol. The van der Waals surface area contributed by atoms with Crippen LogP contribution in [0.25, 0.3) is 0 Å². The van der Waals surface area contributed by atoms with E-state index in [0.29, 0.717) is 10.6 Å². The van der Waals surface area contributed by atoms with Gasteiger partial charge >= 0.3 is 5.97 Å². The summed E-state index contributed by atoms with van der Waals surface area (Å²) in [5, 5.41) is 4.43. The maximum Gasteiger partial charge on any atom is 0.350 e. The lowest BCUT2D eigenvalue weighted by atomic mass is 9.85. The summed E-state index contributed by atoms with van der Waals surface area (Å²) in [6, 6.07) is 1.44. The van der Waals surface area contributed by atoms with Crippen LogP contribution in [0.15, 0.2) is 11.4 Å². The number of hydrogen-bond donors (Lipinski definition) is 2. The van der Waals surface area contributed by atoms with Crippen molar-refractivity contribution in [2.75, 3.05) is 12.4 Å². The van der Waals surface area contributed by atoms with E-state index in [9.17, 15) is 9.59 Å². The number of amides is 1. The van der Waals surface area contributed by atoms with Gasteiger partial charge in [-0.05, 0) is 16.9 Å². The Morgan fingerprint density at radius 1 is 1.47 bits per heavy atom. The Labute approximate surface area is 117 Å². The Hall–Kier alpha value is -1.40. The van der Waals surface area contributed by atoms with Crippen LogP contribution >= 0.6 is 11.3 Å². The fourth-order valence-electron chi connectivity index (χ4n) is 1.37. The molecule has 106 valence electrons. The number of nitrogens with one attached hydrogen (secondary N) is 1. The van der Waals surface area contributed by atoms with E-state index < -0.39 is 5.97 Å². The number of thiophene rings is 1. The summed E-state index contributed by atoms with van der Waals surface area (Å²) in [6.07, 6.45) is 0.208. The molecule has 1 atom stereocenters. The molecule has 1 aromatic rings. The summed E-state index contributed by atoms with van der Waals surface area (Å²) in [7, 11) is 1.31. The SMILES string of the molecule is COC(=O)c1sccc1NC(=O)CC(N)C(C)(C)C. The maximum absolute atomic E-state index is 11.9. The number of carbonyl (C=O) groups excluding carboxylic acids is 2. The van der Waals surface area contributed by atoms with E-state index in [1.807, 2.05) is 20.8 Å².